The van der Waals surface area contributed by atoms with Crippen molar-refractivity contribution in [3.05, 3.63) is 28.2 Å². The van der Waals surface area contributed by atoms with Gasteiger partial charge in [0.05, 0.1) is 0 Å². The third-order valence-corrected chi connectivity index (χ3v) is 2.93. The number of hydrogen-bond donors (Lipinski definition) is 1. The van der Waals surface area contributed by atoms with E-state index >= 15 is 0 Å². The summed E-state index contributed by atoms with van der Waals surface area (Å²) in [5, 5.41) is 3.25. The Labute approximate surface area is 116 Å². The van der Waals surface area contributed by atoms with Crippen LogP contribution in [0, 0.1) is 0 Å². The lowest BCUT2D eigenvalue weighted by atomic mass is 10.2. The number of carbonyl (C=O) groups excluding carboxylic acids is 1. The van der Waals surface area contributed by atoms with Crippen LogP contribution in [0.5, 0.6) is 5.75 Å². The van der Waals surface area contributed by atoms with E-state index in [2.05, 4.69) is 21.2 Å². The molecule has 0 atom stereocenters. The van der Waals surface area contributed by atoms with Crippen LogP contribution >= 0.6 is 15.9 Å². The Bertz CT molecular complexity index is 408. The first-order valence-corrected chi connectivity index (χ1v) is 6.66. The van der Waals surface area contributed by atoms with Crippen LogP contribution in [0.1, 0.15) is 12.5 Å². The molecule has 100 valence electrons. The van der Waals surface area contributed by atoms with E-state index in [9.17, 15) is 4.79 Å². The SMILES string of the molecule is CCNCc1cc(Br)ccc1OCC(=O)N(C)C. The summed E-state index contributed by atoms with van der Waals surface area (Å²) in [4.78, 5) is 13.0. The maximum Gasteiger partial charge on any atom is 0.259 e. The minimum Gasteiger partial charge on any atom is -0.483 e. The summed E-state index contributed by atoms with van der Waals surface area (Å²) in [6.45, 7) is 3.73. The predicted molar refractivity (Wildman–Crippen MR) is 75.7 cm³/mol. The summed E-state index contributed by atoms with van der Waals surface area (Å²) >= 11 is 3.43. The molecular formula is C13H19BrN2O2. The first-order valence-electron chi connectivity index (χ1n) is 5.86. The van der Waals surface area contributed by atoms with Crippen molar-refractivity contribution in [1.29, 1.82) is 0 Å². The zero-order chi connectivity index (χ0) is 13.5. The molecule has 0 spiro atoms. The number of benzene rings is 1. The Kier molecular flexibility index (Phi) is 6.15. The number of nitrogens with one attached hydrogen (secondary N) is 1. The van der Waals surface area contributed by atoms with E-state index in [1.807, 2.05) is 25.1 Å². The van der Waals surface area contributed by atoms with Crippen molar-refractivity contribution in [2.45, 2.75) is 13.5 Å². The van der Waals surface area contributed by atoms with E-state index in [0.717, 1.165) is 28.9 Å². The molecule has 0 fully saturated rings. The number of hydrogen-bond acceptors (Lipinski definition) is 3. The standard InChI is InChI=1S/C13H19BrN2O2/c1-4-15-8-10-7-11(14)5-6-12(10)18-9-13(17)16(2)3/h5-7,15H,4,8-9H2,1-3H3. The van der Waals surface area contributed by atoms with Crippen molar-refractivity contribution < 1.29 is 9.53 Å². The van der Waals surface area contributed by atoms with Gasteiger partial charge in [-0.1, -0.05) is 22.9 Å². The molecule has 0 aromatic heterocycles. The fourth-order valence-electron chi connectivity index (χ4n) is 1.36. The van der Waals surface area contributed by atoms with Gasteiger partial charge in [-0.05, 0) is 24.7 Å². The highest BCUT2D eigenvalue weighted by molar-refractivity contribution is 9.10. The normalized spacial score (nSPS) is 10.2. The fourth-order valence-corrected chi connectivity index (χ4v) is 1.76. The molecule has 0 heterocycles. The molecule has 4 nitrogen and oxygen atoms in total. The van der Waals surface area contributed by atoms with E-state index < -0.39 is 0 Å². The van der Waals surface area contributed by atoms with Crippen LogP contribution in [0.25, 0.3) is 0 Å². The molecule has 1 rings (SSSR count). The second kappa shape index (κ2) is 7.38. The first kappa shape index (κ1) is 15.0. The average molecular weight is 315 g/mol. The molecule has 1 aromatic carbocycles. The van der Waals surface area contributed by atoms with Crippen molar-refractivity contribution in [3.63, 3.8) is 0 Å². The largest absolute Gasteiger partial charge is 0.483 e. The summed E-state index contributed by atoms with van der Waals surface area (Å²) in [5.41, 5.74) is 1.04. The van der Waals surface area contributed by atoms with E-state index in [1.54, 1.807) is 14.1 Å². The maximum atomic E-state index is 11.5. The smallest absolute Gasteiger partial charge is 0.259 e. The lowest BCUT2D eigenvalue weighted by Gasteiger charge is -2.14. The molecule has 5 heteroatoms. The summed E-state index contributed by atoms with van der Waals surface area (Å²) in [6.07, 6.45) is 0. The minimum atomic E-state index is -0.0488. The molecule has 0 aliphatic heterocycles. The molecule has 0 unspecified atom stereocenters. The zero-order valence-electron chi connectivity index (χ0n) is 11.0. The molecule has 1 N–H and O–H groups in total. The van der Waals surface area contributed by atoms with Gasteiger partial charge in [-0.3, -0.25) is 4.79 Å². The third kappa shape index (κ3) is 4.66. The van der Waals surface area contributed by atoms with Crippen molar-refractivity contribution in [2.75, 3.05) is 27.2 Å². The maximum absolute atomic E-state index is 11.5. The molecule has 0 saturated heterocycles. The quantitative estimate of drug-likeness (QED) is 0.873. The average Bonchev–Trinajstić information content (AvgIpc) is 2.34. The number of amides is 1. The van der Waals surface area contributed by atoms with Crippen LogP contribution in [-0.4, -0.2) is 38.1 Å². The van der Waals surface area contributed by atoms with E-state index in [4.69, 9.17) is 4.74 Å². The molecule has 0 bridgehead atoms. The zero-order valence-corrected chi connectivity index (χ0v) is 12.6. The Morgan fingerprint density at radius 2 is 2.17 bits per heavy atom. The third-order valence-electron chi connectivity index (χ3n) is 2.44. The first-order chi connectivity index (χ1) is 8.54. The van der Waals surface area contributed by atoms with Gasteiger partial charge in [-0.2, -0.15) is 0 Å². The highest BCUT2D eigenvalue weighted by Gasteiger charge is 2.08. The van der Waals surface area contributed by atoms with Gasteiger partial charge in [-0.25, -0.2) is 0 Å². The number of carbonyl (C=O) groups is 1. The van der Waals surface area contributed by atoms with Gasteiger partial charge in [0.15, 0.2) is 6.61 Å². The Hall–Kier alpha value is -1.07. The van der Waals surface area contributed by atoms with Crippen molar-refractivity contribution in [2.24, 2.45) is 0 Å². The van der Waals surface area contributed by atoms with Crippen LogP contribution in [0.15, 0.2) is 22.7 Å². The lowest BCUT2D eigenvalue weighted by molar-refractivity contribution is -0.130. The Balaban J connectivity index is 2.71. The van der Waals surface area contributed by atoms with Gasteiger partial charge >= 0.3 is 0 Å². The topological polar surface area (TPSA) is 41.6 Å². The second-order valence-corrected chi connectivity index (χ2v) is 5.02. The van der Waals surface area contributed by atoms with Gasteiger partial charge < -0.3 is 15.0 Å². The van der Waals surface area contributed by atoms with Gasteiger partial charge in [0.25, 0.3) is 5.91 Å². The van der Waals surface area contributed by atoms with E-state index in [-0.39, 0.29) is 12.5 Å². The van der Waals surface area contributed by atoms with Crippen LogP contribution in [0.4, 0.5) is 0 Å². The number of rotatable bonds is 6. The predicted octanol–water partition coefficient (Wildman–Crippen LogP) is 2.03. The highest BCUT2D eigenvalue weighted by Crippen LogP contribution is 2.23. The van der Waals surface area contributed by atoms with Crippen LogP contribution in [-0.2, 0) is 11.3 Å². The van der Waals surface area contributed by atoms with Crippen molar-refractivity contribution >= 4 is 21.8 Å². The van der Waals surface area contributed by atoms with Gasteiger partial charge in [-0.15, -0.1) is 0 Å². The molecule has 0 radical (unpaired) electrons. The number of halogens is 1. The van der Waals surface area contributed by atoms with Crippen LogP contribution in [0.2, 0.25) is 0 Å². The Morgan fingerprint density at radius 3 is 2.78 bits per heavy atom. The highest BCUT2D eigenvalue weighted by atomic mass is 79.9. The van der Waals surface area contributed by atoms with Gasteiger partial charge in [0, 0.05) is 30.7 Å². The molecule has 0 aliphatic carbocycles. The molecule has 1 amide bonds. The van der Waals surface area contributed by atoms with Crippen molar-refractivity contribution in [3.8, 4) is 5.75 Å². The van der Waals surface area contributed by atoms with E-state index in [0.29, 0.717) is 0 Å². The summed E-state index contributed by atoms with van der Waals surface area (Å²) in [5.74, 6) is 0.696. The fraction of sp³-hybridized carbons (Fsp3) is 0.462. The number of nitrogens with zero attached hydrogens (tertiary/aromatic N) is 1. The molecule has 0 saturated carbocycles. The number of likely N-dealkylation sites (N-methyl/N-ethyl adjacent to an activating group) is 1. The second-order valence-electron chi connectivity index (χ2n) is 4.11. The van der Waals surface area contributed by atoms with E-state index in [1.165, 1.54) is 4.90 Å². The summed E-state index contributed by atoms with van der Waals surface area (Å²) in [6, 6.07) is 5.78. The Morgan fingerprint density at radius 1 is 1.44 bits per heavy atom. The van der Waals surface area contributed by atoms with Crippen LogP contribution in [0.3, 0.4) is 0 Å². The molecule has 1 aromatic rings. The number of ether oxygens (including phenoxy) is 1. The molecular weight excluding hydrogens is 296 g/mol. The molecule has 18 heavy (non-hydrogen) atoms. The van der Waals surface area contributed by atoms with Crippen molar-refractivity contribution in [1.82, 2.24) is 10.2 Å². The minimum absolute atomic E-state index is 0.0488. The van der Waals surface area contributed by atoms with Gasteiger partial charge in [0.1, 0.15) is 5.75 Å². The van der Waals surface area contributed by atoms with Gasteiger partial charge in [0.2, 0.25) is 0 Å². The van der Waals surface area contributed by atoms with Crippen LogP contribution < -0.4 is 10.1 Å². The summed E-state index contributed by atoms with van der Waals surface area (Å²) < 4.78 is 6.56. The lowest BCUT2D eigenvalue weighted by Crippen LogP contribution is -2.27. The summed E-state index contributed by atoms with van der Waals surface area (Å²) in [7, 11) is 3.43. The molecule has 0 aliphatic rings. The monoisotopic (exact) mass is 314 g/mol.